The lowest BCUT2D eigenvalue weighted by Crippen LogP contribution is -2.07. The zero-order valence-corrected chi connectivity index (χ0v) is 12.3. The van der Waals surface area contributed by atoms with E-state index < -0.39 is 9.84 Å². The van der Waals surface area contributed by atoms with E-state index in [1.807, 2.05) is 0 Å². The molecule has 20 heavy (non-hydrogen) atoms. The molecule has 0 aliphatic heterocycles. The van der Waals surface area contributed by atoms with Crippen LogP contribution in [-0.4, -0.2) is 18.6 Å². The Morgan fingerprint density at radius 3 is 2.05 bits per heavy atom. The van der Waals surface area contributed by atoms with Crippen molar-refractivity contribution in [2.75, 3.05) is 0 Å². The molecule has 0 saturated carbocycles. The summed E-state index contributed by atoms with van der Waals surface area (Å²) in [7, 11) is -3.79. The second-order valence-corrected chi connectivity index (χ2v) is 6.73. The summed E-state index contributed by atoms with van der Waals surface area (Å²) in [5.41, 5.74) is 1.83. The summed E-state index contributed by atoms with van der Waals surface area (Å²) in [6, 6.07) is 6.97. The number of phenols is 2. The number of benzene rings is 2. The maximum absolute atomic E-state index is 12.7. The van der Waals surface area contributed by atoms with Crippen LogP contribution in [0.4, 0.5) is 0 Å². The number of rotatable bonds is 2. The lowest BCUT2D eigenvalue weighted by atomic mass is 10.1. The normalized spacial score (nSPS) is 11.6. The van der Waals surface area contributed by atoms with Crippen molar-refractivity contribution in [2.24, 2.45) is 0 Å². The van der Waals surface area contributed by atoms with Gasteiger partial charge in [0.1, 0.15) is 11.5 Å². The van der Waals surface area contributed by atoms with Gasteiger partial charge in [-0.05, 0) is 61.7 Å². The first-order valence-electron chi connectivity index (χ1n) is 6.08. The quantitative estimate of drug-likeness (QED) is 0.892. The molecule has 2 aromatic rings. The van der Waals surface area contributed by atoms with Gasteiger partial charge in [0.2, 0.25) is 9.84 Å². The van der Waals surface area contributed by atoms with Crippen molar-refractivity contribution < 1.29 is 18.6 Å². The van der Waals surface area contributed by atoms with Crippen LogP contribution >= 0.6 is 0 Å². The van der Waals surface area contributed by atoms with Crippen LogP contribution in [0.25, 0.3) is 0 Å². The summed E-state index contributed by atoms with van der Waals surface area (Å²) in [4.78, 5) is 0.106. The highest BCUT2D eigenvalue weighted by atomic mass is 32.2. The summed E-state index contributed by atoms with van der Waals surface area (Å²) < 4.78 is 25.4. The van der Waals surface area contributed by atoms with Crippen LogP contribution in [0, 0.1) is 20.8 Å². The van der Waals surface area contributed by atoms with Gasteiger partial charge in [-0.25, -0.2) is 8.42 Å². The molecular formula is C15H16O4S. The molecule has 0 spiro atoms. The molecule has 0 aliphatic rings. The molecular weight excluding hydrogens is 276 g/mol. The van der Waals surface area contributed by atoms with Crippen molar-refractivity contribution in [1.29, 1.82) is 0 Å². The van der Waals surface area contributed by atoms with Crippen LogP contribution in [0.15, 0.2) is 40.1 Å². The Hall–Kier alpha value is -2.01. The molecule has 0 heterocycles. The first kappa shape index (κ1) is 14.4. The number of aryl methyl sites for hydroxylation is 2. The molecule has 0 atom stereocenters. The molecule has 0 bridgehead atoms. The van der Waals surface area contributed by atoms with E-state index in [0.717, 1.165) is 0 Å². The van der Waals surface area contributed by atoms with E-state index in [0.29, 0.717) is 16.7 Å². The fraction of sp³-hybridized carbons (Fsp3) is 0.200. The number of hydrogen-bond donors (Lipinski definition) is 2. The molecule has 0 radical (unpaired) electrons. The lowest BCUT2D eigenvalue weighted by Gasteiger charge is -2.13. The van der Waals surface area contributed by atoms with Crippen LogP contribution < -0.4 is 0 Å². The van der Waals surface area contributed by atoms with E-state index in [4.69, 9.17) is 0 Å². The Morgan fingerprint density at radius 1 is 0.800 bits per heavy atom. The topological polar surface area (TPSA) is 74.6 Å². The van der Waals surface area contributed by atoms with Gasteiger partial charge >= 0.3 is 0 Å². The van der Waals surface area contributed by atoms with Crippen molar-refractivity contribution in [1.82, 2.24) is 0 Å². The van der Waals surface area contributed by atoms with Crippen molar-refractivity contribution in [2.45, 2.75) is 30.6 Å². The van der Waals surface area contributed by atoms with E-state index in [1.54, 1.807) is 26.8 Å². The molecule has 106 valence electrons. The maximum Gasteiger partial charge on any atom is 0.207 e. The summed E-state index contributed by atoms with van der Waals surface area (Å²) in [5.74, 6) is -0.201. The van der Waals surface area contributed by atoms with Gasteiger partial charge in [0.15, 0.2) is 0 Å². The minimum absolute atomic E-state index is 0.0469. The molecule has 0 fully saturated rings. The Bertz CT molecular complexity index is 777. The Morgan fingerprint density at radius 2 is 1.40 bits per heavy atom. The predicted molar refractivity (Wildman–Crippen MR) is 75.9 cm³/mol. The van der Waals surface area contributed by atoms with Gasteiger partial charge in [0.05, 0.1) is 9.79 Å². The second kappa shape index (κ2) is 4.83. The van der Waals surface area contributed by atoms with Gasteiger partial charge in [-0.3, -0.25) is 0 Å². The summed E-state index contributed by atoms with van der Waals surface area (Å²) in [5, 5.41) is 19.2. The predicted octanol–water partition coefficient (Wildman–Crippen LogP) is 2.86. The van der Waals surface area contributed by atoms with Gasteiger partial charge in [0.25, 0.3) is 0 Å². The first-order chi connectivity index (χ1) is 9.23. The van der Waals surface area contributed by atoms with Gasteiger partial charge in [-0.15, -0.1) is 0 Å². The molecule has 2 N–H and O–H groups in total. The maximum atomic E-state index is 12.7. The number of aromatic hydroxyl groups is 2. The summed E-state index contributed by atoms with van der Waals surface area (Å²) in [6.07, 6.45) is 0. The third-order valence-electron chi connectivity index (χ3n) is 3.36. The fourth-order valence-corrected chi connectivity index (χ4v) is 3.93. The molecule has 0 unspecified atom stereocenters. The Labute approximate surface area is 118 Å². The third kappa shape index (κ3) is 2.36. The van der Waals surface area contributed by atoms with Crippen molar-refractivity contribution >= 4 is 9.84 Å². The molecule has 5 heteroatoms. The van der Waals surface area contributed by atoms with Gasteiger partial charge in [0, 0.05) is 0 Å². The Kier molecular flexibility index (Phi) is 3.48. The van der Waals surface area contributed by atoms with E-state index in [1.165, 1.54) is 24.3 Å². The molecule has 2 aromatic carbocycles. The second-order valence-electron chi connectivity index (χ2n) is 4.84. The van der Waals surface area contributed by atoms with Gasteiger partial charge < -0.3 is 10.2 Å². The smallest absolute Gasteiger partial charge is 0.207 e. The molecule has 0 amide bonds. The van der Waals surface area contributed by atoms with Crippen molar-refractivity contribution in [3.63, 3.8) is 0 Å². The zero-order chi connectivity index (χ0) is 15.1. The largest absolute Gasteiger partial charge is 0.508 e. The fourth-order valence-electron chi connectivity index (χ4n) is 2.08. The van der Waals surface area contributed by atoms with Crippen LogP contribution in [0.1, 0.15) is 16.7 Å². The average molecular weight is 292 g/mol. The molecule has 0 saturated heterocycles. The minimum atomic E-state index is -3.79. The summed E-state index contributed by atoms with van der Waals surface area (Å²) in [6.45, 7) is 5.10. The first-order valence-corrected chi connectivity index (χ1v) is 7.56. The highest BCUT2D eigenvalue weighted by Gasteiger charge is 2.24. The van der Waals surface area contributed by atoms with Gasteiger partial charge in [-0.2, -0.15) is 0 Å². The number of phenolic OH excluding ortho intramolecular Hbond substituents is 2. The van der Waals surface area contributed by atoms with E-state index >= 15 is 0 Å². The van der Waals surface area contributed by atoms with E-state index in [2.05, 4.69) is 0 Å². The minimum Gasteiger partial charge on any atom is -0.508 e. The molecule has 2 rings (SSSR count). The molecule has 4 nitrogen and oxygen atoms in total. The number of hydrogen-bond acceptors (Lipinski definition) is 4. The average Bonchev–Trinajstić information content (AvgIpc) is 2.36. The highest BCUT2D eigenvalue weighted by Crippen LogP contribution is 2.32. The molecule has 0 aromatic heterocycles. The number of sulfone groups is 1. The van der Waals surface area contributed by atoms with Crippen LogP contribution in [0.3, 0.4) is 0 Å². The van der Waals surface area contributed by atoms with Crippen LogP contribution in [0.5, 0.6) is 11.5 Å². The van der Waals surface area contributed by atoms with Gasteiger partial charge in [-0.1, -0.05) is 6.07 Å². The van der Waals surface area contributed by atoms with Crippen LogP contribution in [-0.2, 0) is 9.84 Å². The van der Waals surface area contributed by atoms with E-state index in [9.17, 15) is 18.6 Å². The Balaban J connectivity index is 2.77. The zero-order valence-electron chi connectivity index (χ0n) is 11.5. The summed E-state index contributed by atoms with van der Waals surface area (Å²) >= 11 is 0. The monoisotopic (exact) mass is 292 g/mol. The van der Waals surface area contributed by atoms with E-state index in [-0.39, 0.29) is 21.3 Å². The highest BCUT2D eigenvalue weighted by molar-refractivity contribution is 7.91. The third-order valence-corrected chi connectivity index (χ3v) is 5.38. The van der Waals surface area contributed by atoms with Crippen molar-refractivity contribution in [3.05, 3.63) is 47.0 Å². The SMILES string of the molecule is Cc1ccc(O)cc1S(=O)(=O)c1cc(O)cc(C)c1C. The standard InChI is InChI=1S/C15H16O4S/c1-9-4-5-12(16)7-14(9)20(18,19)15-8-13(17)6-10(2)11(15)3/h4-8,16-17H,1-3H3. The van der Waals surface area contributed by atoms with Crippen LogP contribution in [0.2, 0.25) is 0 Å². The molecule has 0 aliphatic carbocycles. The lowest BCUT2D eigenvalue weighted by molar-refractivity contribution is 0.472. The van der Waals surface area contributed by atoms with Crippen molar-refractivity contribution in [3.8, 4) is 11.5 Å².